The number of halogens is 1. The van der Waals surface area contributed by atoms with Gasteiger partial charge in [-0.15, -0.1) is 11.3 Å². The summed E-state index contributed by atoms with van der Waals surface area (Å²) in [5.41, 5.74) is 2.98. The molecule has 0 spiro atoms. The lowest BCUT2D eigenvalue weighted by molar-refractivity contribution is 0.572. The minimum Gasteiger partial charge on any atom is -0.361 e. The molecule has 2 aromatic heterocycles. The maximum Gasteiger partial charge on any atom is 0.259 e. The van der Waals surface area contributed by atoms with Crippen LogP contribution in [0.15, 0.2) is 35.7 Å². The number of anilines is 1. The third-order valence-corrected chi connectivity index (χ3v) is 7.67. The number of aromatic nitrogens is 3. The SMILES string of the molecule is Cn1cnc(S(=O)(=O)NCCCCCNc2nc3c(s2)CCCc2ccc(F)cc2-3)c1. The van der Waals surface area contributed by atoms with Crippen LogP contribution in [0, 0.1) is 5.82 Å². The lowest BCUT2D eigenvalue weighted by Gasteiger charge is -2.06. The Balaban J connectivity index is 1.23. The van der Waals surface area contributed by atoms with Gasteiger partial charge in [-0.25, -0.2) is 27.5 Å². The Labute approximate surface area is 185 Å². The number of aryl methyl sites for hydroxylation is 3. The Bertz CT molecular complexity index is 1160. The van der Waals surface area contributed by atoms with Crippen LogP contribution in [0.4, 0.5) is 9.52 Å². The lowest BCUT2D eigenvalue weighted by atomic mass is 10.0. The molecule has 0 unspecified atom stereocenters. The maximum absolute atomic E-state index is 13.8. The van der Waals surface area contributed by atoms with Gasteiger partial charge in [0, 0.05) is 36.8 Å². The van der Waals surface area contributed by atoms with Crippen LogP contribution in [0.25, 0.3) is 11.3 Å². The van der Waals surface area contributed by atoms with Crippen molar-refractivity contribution in [3.63, 3.8) is 0 Å². The molecule has 0 radical (unpaired) electrons. The zero-order valence-corrected chi connectivity index (χ0v) is 19.0. The summed E-state index contributed by atoms with van der Waals surface area (Å²) in [6.45, 7) is 1.14. The highest BCUT2D eigenvalue weighted by Crippen LogP contribution is 2.37. The first-order valence-corrected chi connectivity index (χ1v) is 12.7. The molecule has 3 aromatic rings. The number of thiazole rings is 1. The fourth-order valence-electron chi connectivity index (χ4n) is 3.66. The van der Waals surface area contributed by atoms with Gasteiger partial charge in [0.1, 0.15) is 5.82 Å². The lowest BCUT2D eigenvalue weighted by Crippen LogP contribution is -2.25. The molecular weight excluding hydrogens is 437 g/mol. The zero-order valence-electron chi connectivity index (χ0n) is 17.4. The molecule has 0 saturated heterocycles. The van der Waals surface area contributed by atoms with Crippen molar-refractivity contribution in [3.05, 3.63) is 47.0 Å². The van der Waals surface area contributed by atoms with Gasteiger partial charge >= 0.3 is 0 Å². The van der Waals surface area contributed by atoms with Gasteiger partial charge in [0.25, 0.3) is 10.0 Å². The Kier molecular flexibility index (Phi) is 6.68. The molecule has 10 heteroatoms. The van der Waals surface area contributed by atoms with E-state index >= 15 is 0 Å². The molecule has 0 amide bonds. The molecule has 166 valence electrons. The minimum atomic E-state index is -3.54. The number of imidazole rings is 1. The molecule has 1 aliphatic rings. The Hall–Kier alpha value is -2.30. The van der Waals surface area contributed by atoms with Crippen LogP contribution in [0.3, 0.4) is 0 Å². The zero-order chi connectivity index (χ0) is 21.8. The van der Waals surface area contributed by atoms with Crippen molar-refractivity contribution in [1.82, 2.24) is 19.3 Å². The van der Waals surface area contributed by atoms with E-state index in [0.29, 0.717) is 6.54 Å². The second-order valence-electron chi connectivity index (χ2n) is 7.71. The summed E-state index contributed by atoms with van der Waals surface area (Å²) in [7, 11) is -1.81. The smallest absolute Gasteiger partial charge is 0.259 e. The van der Waals surface area contributed by atoms with Crippen molar-refractivity contribution in [1.29, 1.82) is 0 Å². The van der Waals surface area contributed by atoms with Gasteiger partial charge < -0.3 is 9.88 Å². The summed E-state index contributed by atoms with van der Waals surface area (Å²) in [4.78, 5) is 9.82. The Morgan fingerprint density at radius 3 is 2.84 bits per heavy atom. The molecule has 0 saturated carbocycles. The largest absolute Gasteiger partial charge is 0.361 e. The van der Waals surface area contributed by atoms with E-state index in [9.17, 15) is 12.8 Å². The highest BCUT2D eigenvalue weighted by Gasteiger charge is 2.20. The Morgan fingerprint density at radius 1 is 1.19 bits per heavy atom. The molecule has 4 rings (SSSR count). The minimum absolute atomic E-state index is 0.0432. The van der Waals surface area contributed by atoms with E-state index in [-0.39, 0.29) is 10.8 Å². The molecule has 31 heavy (non-hydrogen) atoms. The number of hydrogen-bond acceptors (Lipinski definition) is 6. The van der Waals surface area contributed by atoms with Crippen LogP contribution in [0.5, 0.6) is 0 Å². The quantitative estimate of drug-likeness (QED) is 0.472. The van der Waals surface area contributed by atoms with Gasteiger partial charge in [-0.1, -0.05) is 12.5 Å². The predicted octanol–water partition coefficient (Wildman–Crippen LogP) is 3.73. The van der Waals surface area contributed by atoms with Crippen LogP contribution in [-0.4, -0.2) is 36.0 Å². The van der Waals surface area contributed by atoms with E-state index in [1.165, 1.54) is 23.5 Å². The average molecular weight is 464 g/mol. The summed E-state index contributed by atoms with van der Waals surface area (Å²) >= 11 is 1.64. The summed E-state index contributed by atoms with van der Waals surface area (Å²) < 4.78 is 42.2. The topological polar surface area (TPSA) is 88.9 Å². The summed E-state index contributed by atoms with van der Waals surface area (Å²) in [5, 5.41) is 4.27. The number of hydrogen-bond donors (Lipinski definition) is 2. The number of fused-ring (bicyclic) bond motifs is 3. The van der Waals surface area contributed by atoms with E-state index < -0.39 is 10.0 Å². The average Bonchev–Trinajstić information content (AvgIpc) is 3.31. The van der Waals surface area contributed by atoms with Crippen molar-refractivity contribution in [2.24, 2.45) is 7.05 Å². The second-order valence-corrected chi connectivity index (χ2v) is 10.5. The van der Waals surface area contributed by atoms with E-state index in [1.54, 1.807) is 29.0 Å². The third-order valence-electron chi connectivity index (χ3n) is 5.25. The first kappa shape index (κ1) is 21.9. The molecule has 0 aliphatic heterocycles. The van der Waals surface area contributed by atoms with Crippen LogP contribution in [-0.2, 0) is 29.9 Å². The van der Waals surface area contributed by atoms with E-state index in [4.69, 9.17) is 4.98 Å². The van der Waals surface area contributed by atoms with Gasteiger partial charge in [-0.3, -0.25) is 0 Å². The highest BCUT2D eigenvalue weighted by atomic mass is 32.2. The molecule has 1 aromatic carbocycles. The van der Waals surface area contributed by atoms with E-state index in [1.807, 2.05) is 6.07 Å². The van der Waals surface area contributed by atoms with E-state index in [2.05, 4.69) is 15.0 Å². The number of unbranched alkanes of at least 4 members (excludes halogenated alkanes) is 2. The Morgan fingerprint density at radius 2 is 2.03 bits per heavy atom. The first-order valence-electron chi connectivity index (χ1n) is 10.4. The molecule has 2 N–H and O–H groups in total. The summed E-state index contributed by atoms with van der Waals surface area (Å²) in [6, 6.07) is 4.98. The van der Waals surface area contributed by atoms with Gasteiger partial charge in [-0.05, 0) is 49.8 Å². The van der Waals surface area contributed by atoms with Crippen molar-refractivity contribution in [3.8, 4) is 11.3 Å². The molecule has 0 fully saturated rings. The predicted molar refractivity (Wildman–Crippen MR) is 120 cm³/mol. The van der Waals surface area contributed by atoms with Gasteiger partial charge in [0.05, 0.1) is 12.0 Å². The van der Waals surface area contributed by atoms with Gasteiger partial charge in [0.15, 0.2) is 10.2 Å². The van der Waals surface area contributed by atoms with Crippen molar-refractivity contribution >= 4 is 26.5 Å². The molecule has 7 nitrogen and oxygen atoms in total. The van der Waals surface area contributed by atoms with Crippen molar-refractivity contribution in [2.45, 2.75) is 43.6 Å². The highest BCUT2D eigenvalue weighted by molar-refractivity contribution is 7.89. The van der Waals surface area contributed by atoms with Crippen molar-refractivity contribution in [2.75, 3.05) is 18.4 Å². The monoisotopic (exact) mass is 463 g/mol. The normalized spacial score (nSPS) is 13.5. The van der Waals surface area contributed by atoms with Crippen molar-refractivity contribution < 1.29 is 12.8 Å². The van der Waals surface area contributed by atoms with Crippen LogP contribution in [0.2, 0.25) is 0 Å². The maximum atomic E-state index is 13.8. The molecule has 0 atom stereocenters. The van der Waals surface area contributed by atoms with Crippen LogP contribution in [0.1, 0.15) is 36.1 Å². The number of benzene rings is 1. The van der Waals surface area contributed by atoms with Crippen LogP contribution >= 0.6 is 11.3 Å². The fourth-order valence-corrected chi connectivity index (χ4v) is 5.76. The fraction of sp³-hybridized carbons (Fsp3) is 0.429. The standard InChI is InChI=1S/C21H26FN5O2S2/c1-27-13-19(24-14-27)31(28,29)25-11-4-2-3-10-23-21-26-20-17-12-16(22)9-8-15(17)6-5-7-18(20)30-21/h8-9,12-14,25H,2-7,10-11H2,1H3,(H,23,26). The summed E-state index contributed by atoms with van der Waals surface area (Å²) in [6.07, 6.45) is 8.43. The molecule has 1 aliphatic carbocycles. The first-order chi connectivity index (χ1) is 14.9. The number of nitrogens with zero attached hydrogens (tertiary/aromatic N) is 3. The van der Waals surface area contributed by atoms with E-state index in [0.717, 1.165) is 67.0 Å². The summed E-state index contributed by atoms with van der Waals surface area (Å²) in [5.74, 6) is -0.229. The second kappa shape index (κ2) is 9.46. The molecule has 2 heterocycles. The van der Waals surface area contributed by atoms with Gasteiger partial charge in [0.2, 0.25) is 0 Å². The number of rotatable bonds is 9. The number of nitrogens with one attached hydrogen (secondary N) is 2. The molecular formula is C21H26FN5O2S2. The van der Waals surface area contributed by atoms with Crippen LogP contribution < -0.4 is 10.0 Å². The van der Waals surface area contributed by atoms with Gasteiger partial charge in [-0.2, -0.15) is 0 Å². The third kappa shape index (κ3) is 5.31. The number of sulfonamides is 1. The molecule has 0 bridgehead atoms.